The summed E-state index contributed by atoms with van der Waals surface area (Å²) < 4.78 is 9.33. The van der Waals surface area contributed by atoms with Crippen molar-refractivity contribution in [1.82, 2.24) is 38.2 Å². The van der Waals surface area contributed by atoms with E-state index in [0.717, 1.165) is 118 Å². The summed E-state index contributed by atoms with van der Waals surface area (Å²) in [6, 6.07) is 142. The largest absolute Gasteiger partial charge is 0.309 e. The highest BCUT2D eigenvalue weighted by molar-refractivity contribution is 6.19. The molecule has 0 saturated carbocycles. The zero-order valence-electron chi connectivity index (χ0n) is 60.8. The van der Waals surface area contributed by atoms with Gasteiger partial charge in [-0.15, -0.1) is 0 Å². The van der Waals surface area contributed by atoms with Gasteiger partial charge in [0.2, 0.25) is 0 Å². The van der Waals surface area contributed by atoms with Crippen LogP contribution in [-0.2, 0) is 0 Å². The van der Waals surface area contributed by atoms with Gasteiger partial charge >= 0.3 is 0 Å². The van der Waals surface area contributed by atoms with Gasteiger partial charge in [0.15, 0.2) is 0 Å². The standard InChI is InChI=1S/2C52H34N4/c1-4-14-36(15-5-1)46-33-39(34-47(54-46)37-16-6-2-7-17-37)35-25-28-41(29-26-35)56-49-30-27-38(32-45(49)43-22-13-31-53-52(43)56)42-21-12-24-50-51(42)44-20-10-11-23-48(44)55(50)40-18-8-3-9-19-40;1-4-14-35(15-5-1)39-33-46(36-16-6-2-7-17-36)54-47(34-39)37-25-28-41(29-26-37)56-49-30-27-38(32-45(49)43-22-13-31-53-52(43)56)42-21-12-24-50-51(42)44-20-10-11-23-48(44)55(50)40-18-8-3-9-19-40/h2*1-34H. The van der Waals surface area contributed by atoms with Crippen molar-refractivity contribution in [2.75, 3.05) is 0 Å². The fraction of sp³-hybridized carbons (Fsp3) is 0. The van der Waals surface area contributed by atoms with Gasteiger partial charge in [-0.3, -0.25) is 9.13 Å². The first-order chi connectivity index (χ1) is 55.6. The Kier molecular flexibility index (Phi) is 16.1. The minimum Gasteiger partial charge on any atom is -0.309 e. The van der Waals surface area contributed by atoms with Crippen molar-refractivity contribution in [3.05, 3.63) is 413 Å². The Bertz CT molecular complexity index is 6760. The summed E-state index contributed by atoms with van der Waals surface area (Å²) >= 11 is 0. The summed E-state index contributed by atoms with van der Waals surface area (Å²) in [6.45, 7) is 0. The van der Waals surface area contributed by atoms with E-state index in [2.05, 4.69) is 388 Å². The molecule has 524 valence electrons. The summed E-state index contributed by atoms with van der Waals surface area (Å²) in [5.41, 5.74) is 30.8. The van der Waals surface area contributed by atoms with Gasteiger partial charge in [-0.05, 0) is 190 Å². The highest BCUT2D eigenvalue weighted by atomic mass is 15.1. The lowest BCUT2D eigenvalue weighted by molar-refractivity contribution is 1.14. The Hall–Kier alpha value is -15.1. The van der Waals surface area contributed by atoms with Gasteiger partial charge in [-0.25, -0.2) is 19.9 Å². The minimum atomic E-state index is 0.932. The highest BCUT2D eigenvalue weighted by Crippen LogP contribution is 2.45. The van der Waals surface area contributed by atoms with E-state index in [1.54, 1.807) is 0 Å². The Morgan fingerprint density at radius 3 is 0.866 bits per heavy atom. The molecule has 0 radical (unpaired) electrons. The molecule has 0 unspecified atom stereocenters. The molecule has 0 amide bonds. The van der Waals surface area contributed by atoms with E-state index in [4.69, 9.17) is 19.9 Å². The van der Waals surface area contributed by atoms with Crippen molar-refractivity contribution in [1.29, 1.82) is 0 Å². The predicted molar refractivity (Wildman–Crippen MR) is 465 cm³/mol. The SMILES string of the molecule is c1ccc(-c2cc(-c3ccc(-n4c5ccc(-c6cccc7c6c6ccccc6n7-c6ccccc6)cc5c5cccnc54)cc3)cc(-c3ccccc3)n2)cc1.c1ccc(-c2cc(-c3ccccc3)nc(-c3ccc(-n4c5ccc(-c6cccc7c6c6ccccc6n7-c6ccccc6)cc5c5cccnc54)cc3)c2)cc1. The van der Waals surface area contributed by atoms with E-state index in [1.165, 1.54) is 82.2 Å². The van der Waals surface area contributed by atoms with Crippen LogP contribution in [0.3, 0.4) is 0 Å². The van der Waals surface area contributed by atoms with Crippen LogP contribution in [-0.4, -0.2) is 38.2 Å². The van der Waals surface area contributed by atoms with Crippen LogP contribution in [0.25, 0.3) is 200 Å². The third-order valence-corrected chi connectivity index (χ3v) is 21.9. The third-order valence-electron chi connectivity index (χ3n) is 21.9. The number of para-hydroxylation sites is 4. The monoisotopic (exact) mass is 1430 g/mol. The number of benzene rings is 14. The second kappa shape index (κ2) is 27.6. The van der Waals surface area contributed by atoms with Crippen molar-refractivity contribution >= 4 is 87.5 Å². The maximum absolute atomic E-state index is 5.17. The lowest BCUT2D eigenvalue weighted by Gasteiger charge is -2.12. The molecule has 0 aliphatic heterocycles. The maximum Gasteiger partial charge on any atom is 0.145 e. The van der Waals surface area contributed by atoms with Crippen LogP contribution < -0.4 is 0 Å². The first kappa shape index (κ1) is 65.2. The van der Waals surface area contributed by atoms with E-state index in [-0.39, 0.29) is 0 Å². The second-order valence-corrected chi connectivity index (χ2v) is 28.5. The van der Waals surface area contributed by atoms with Crippen LogP contribution in [0.2, 0.25) is 0 Å². The molecule has 8 aromatic heterocycles. The van der Waals surface area contributed by atoms with Crippen molar-refractivity contribution in [3.8, 4) is 112 Å². The molecular weight excluding hydrogens is 1360 g/mol. The molecule has 0 spiro atoms. The molecular formula is C104H68N8. The van der Waals surface area contributed by atoms with E-state index in [0.29, 0.717) is 0 Å². The molecule has 0 fully saturated rings. The smallest absolute Gasteiger partial charge is 0.145 e. The number of nitrogens with zero attached hydrogens (tertiary/aromatic N) is 8. The van der Waals surface area contributed by atoms with E-state index >= 15 is 0 Å². The van der Waals surface area contributed by atoms with Crippen LogP contribution >= 0.6 is 0 Å². The number of aromatic nitrogens is 8. The van der Waals surface area contributed by atoms with Crippen LogP contribution in [0.1, 0.15) is 0 Å². The van der Waals surface area contributed by atoms with Crippen LogP contribution in [0.5, 0.6) is 0 Å². The molecule has 22 rings (SSSR count). The minimum absolute atomic E-state index is 0.932. The van der Waals surface area contributed by atoms with Gasteiger partial charge in [-0.2, -0.15) is 0 Å². The quantitative estimate of drug-likeness (QED) is 0.122. The number of fused-ring (bicyclic) bond motifs is 12. The Labute approximate surface area is 646 Å². The number of hydrogen-bond donors (Lipinski definition) is 0. The van der Waals surface area contributed by atoms with Gasteiger partial charge in [0.25, 0.3) is 0 Å². The lowest BCUT2D eigenvalue weighted by atomic mass is 9.98. The zero-order valence-corrected chi connectivity index (χ0v) is 60.8. The number of rotatable bonds is 12. The van der Waals surface area contributed by atoms with Gasteiger partial charge in [-0.1, -0.05) is 255 Å². The molecule has 0 aliphatic rings. The average Bonchev–Trinajstić information content (AvgIpc) is 1.58. The van der Waals surface area contributed by atoms with Crippen molar-refractivity contribution in [2.45, 2.75) is 0 Å². The summed E-state index contributed by atoms with van der Waals surface area (Å²) in [5.74, 6) is 0. The number of pyridine rings is 4. The van der Waals surface area contributed by atoms with E-state index in [1.807, 2.05) is 42.7 Å². The average molecular weight is 1430 g/mol. The molecule has 0 saturated heterocycles. The van der Waals surface area contributed by atoms with Crippen LogP contribution in [0.4, 0.5) is 0 Å². The van der Waals surface area contributed by atoms with Crippen molar-refractivity contribution in [3.63, 3.8) is 0 Å². The summed E-state index contributed by atoms with van der Waals surface area (Å²) in [5, 5.41) is 9.59. The molecule has 0 aliphatic carbocycles. The van der Waals surface area contributed by atoms with E-state index in [9.17, 15) is 0 Å². The molecule has 8 nitrogen and oxygen atoms in total. The summed E-state index contributed by atoms with van der Waals surface area (Å²) in [6.07, 6.45) is 3.77. The molecule has 0 N–H and O–H groups in total. The van der Waals surface area contributed by atoms with Crippen molar-refractivity contribution in [2.24, 2.45) is 0 Å². The van der Waals surface area contributed by atoms with Gasteiger partial charge in [0, 0.05) is 100 Å². The molecule has 0 bridgehead atoms. The Balaban J connectivity index is 0.000000141. The normalized spacial score (nSPS) is 11.6. The predicted octanol–water partition coefficient (Wildman–Crippen LogP) is 26.7. The fourth-order valence-electron chi connectivity index (χ4n) is 16.8. The first-order valence-electron chi connectivity index (χ1n) is 38.0. The maximum atomic E-state index is 5.17. The molecule has 8 heterocycles. The van der Waals surface area contributed by atoms with Gasteiger partial charge < -0.3 is 9.13 Å². The molecule has 22 aromatic rings. The van der Waals surface area contributed by atoms with Crippen molar-refractivity contribution < 1.29 is 0 Å². The fourth-order valence-corrected chi connectivity index (χ4v) is 16.8. The molecule has 14 aromatic carbocycles. The highest BCUT2D eigenvalue weighted by Gasteiger charge is 2.23. The zero-order chi connectivity index (χ0) is 74.0. The Morgan fingerprint density at radius 2 is 0.464 bits per heavy atom. The second-order valence-electron chi connectivity index (χ2n) is 28.5. The third kappa shape index (κ3) is 11.4. The van der Waals surface area contributed by atoms with Crippen LogP contribution in [0, 0.1) is 0 Å². The molecule has 112 heavy (non-hydrogen) atoms. The van der Waals surface area contributed by atoms with E-state index < -0.39 is 0 Å². The van der Waals surface area contributed by atoms with Gasteiger partial charge in [0.05, 0.1) is 55.9 Å². The lowest BCUT2D eigenvalue weighted by Crippen LogP contribution is -1.96. The first-order valence-corrected chi connectivity index (χ1v) is 38.0. The topological polar surface area (TPSA) is 71.3 Å². The molecule has 0 atom stereocenters. The summed E-state index contributed by atoms with van der Waals surface area (Å²) in [4.78, 5) is 20.1. The molecule has 8 heteroatoms. The van der Waals surface area contributed by atoms with Gasteiger partial charge in [0.1, 0.15) is 11.3 Å². The van der Waals surface area contributed by atoms with Crippen LogP contribution in [0.15, 0.2) is 413 Å². The number of hydrogen-bond acceptors (Lipinski definition) is 4. The summed E-state index contributed by atoms with van der Waals surface area (Å²) in [7, 11) is 0. The Morgan fingerprint density at radius 1 is 0.170 bits per heavy atom.